The predicted molar refractivity (Wildman–Crippen MR) is 69.9 cm³/mol. The highest BCUT2D eigenvalue weighted by atomic mass is 19.1. The number of ether oxygens (including phenoxy) is 1. The second-order valence-corrected chi connectivity index (χ2v) is 4.20. The van der Waals surface area contributed by atoms with Crippen LogP contribution in [0.25, 0.3) is 0 Å². The third-order valence-corrected chi connectivity index (χ3v) is 2.76. The molecular weight excluding hydrogens is 248 g/mol. The van der Waals surface area contributed by atoms with E-state index in [1.807, 2.05) is 6.07 Å². The standard InChI is InChI=1S/C15H15F2NO/c1-19-15-6-5-12(8-14(15)17)10-18-9-11-3-2-4-13(16)7-11/h2-8,18H,9-10H2,1H3. The van der Waals surface area contributed by atoms with Crippen LogP contribution < -0.4 is 10.1 Å². The van der Waals surface area contributed by atoms with Crippen molar-refractivity contribution in [3.63, 3.8) is 0 Å². The fourth-order valence-corrected chi connectivity index (χ4v) is 1.82. The van der Waals surface area contributed by atoms with Crippen LogP contribution in [-0.4, -0.2) is 7.11 Å². The summed E-state index contributed by atoms with van der Waals surface area (Å²) in [6.45, 7) is 1.04. The minimum absolute atomic E-state index is 0.230. The van der Waals surface area contributed by atoms with E-state index < -0.39 is 0 Å². The lowest BCUT2D eigenvalue weighted by Gasteiger charge is -2.07. The summed E-state index contributed by atoms with van der Waals surface area (Å²) >= 11 is 0. The van der Waals surface area contributed by atoms with Crippen LogP contribution in [0.4, 0.5) is 8.78 Å². The van der Waals surface area contributed by atoms with E-state index in [4.69, 9.17) is 4.74 Å². The third-order valence-electron chi connectivity index (χ3n) is 2.76. The lowest BCUT2D eigenvalue weighted by Crippen LogP contribution is -2.13. The number of hydrogen-bond donors (Lipinski definition) is 1. The third kappa shape index (κ3) is 3.76. The van der Waals surface area contributed by atoms with Crippen molar-refractivity contribution < 1.29 is 13.5 Å². The molecule has 0 radical (unpaired) electrons. The normalized spacial score (nSPS) is 10.5. The first-order chi connectivity index (χ1) is 9.19. The SMILES string of the molecule is COc1ccc(CNCc2cccc(F)c2)cc1F. The summed E-state index contributed by atoms with van der Waals surface area (Å²) in [5.41, 5.74) is 1.67. The van der Waals surface area contributed by atoms with Crippen molar-refractivity contribution in [1.29, 1.82) is 0 Å². The van der Waals surface area contributed by atoms with Crippen molar-refractivity contribution in [2.45, 2.75) is 13.1 Å². The van der Waals surface area contributed by atoms with Gasteiger partial charge in [0.1, 0.15) is 5.82 Å². The number of methoxy groups -OCH3 is 1. The maximum absolute atomic E-state index is 13.5. The van der Waals surface area contributed by atoms with Crippen molar-refractivity contribution in [2.24, 2.45) is 0 Å². The van der Waals surface area contributed by atoms with Crippen LogP contribution in [0.1, 0.15) is 11.1 Å². The van der Waals surface area contributed by atoms with Crippen LogP contribution in [0.3, 0.4) is 0 Å². The molecule has 0 amide bonds. The van der Waals surface area contributed by atoms with Gasteiger partial charge in [-0.15, -0.1) is 0 Å². The molecule has 4 heteroatoms. The summed E-state index contributed by atoms with van der Waals surface area (Å²) in [6, 6.07) is 11.2. The topological polar surface area (TPSA) is 21.3 Å². The Labute approximate surface area is 111 Å². The van der Waals surface area contributed by atoms with E-state index in [0.717, 1.165) is 11.1 Å². The molecule has 0 atom stereocenters. The van der Waals surface area contributed by atoms with Crippen molar-refractivity contribution in [3.8, 4) is 5.75 Å². The van der Waals surface area contributed by atoms with Crippen LogP contribution in [-0.2, 0) is 13.1 Å². The van der Waals surface area contributed by atoms with Gasteiger partial charge in [0.05, 0.1) is 7.11 Å². The fraction of sp³-hybridized carbons (Fsp3) is 0.200. The Morgan fingerprint density at radius 1 is 1.00 bits per heavy atom. The Balaban J connectivity index is 1.90. The van der Waals surface area contributed by atoms with Gasteiger partial charge in [0.15, 0.2) is 11.6 Å². The Morgan fingerprint density at radius 3 is 2.37 bits per heavy atom. The van der Waals surface area contributed by atoms with Gasteiger partial charge in [-0.3, -0.25) is 0 Å². The number of benzene rings is 2. The molecule has 0 aromatic heterocycles. The summed E-state index contributed by atoms with van der Waals surface area (Å²) in [4.78, 5) is 0. The fourth-order valence-electron chi connectivity index (χ4n) is 1.82. The molecule has 100 valence electrons. The molecule has 0 aliphatic rings. The van der Waals surface area contributed by atoms with E-state index in [9.17, 15) is 8.78 Å². The van der Waals surface area contributed by atoms with Crippen LogP contribution in [0.5, 0.6) is 5.75 Å². The van der Waals surface area contributed by atoms with Crippen LogP contribution in [0.15, 0.2) is 42.5 Å². The first-order valence-corrected chi connectivity index (χ1v) is 5.96. The highest BCUT2D eigenvalue weighted by Gasteiger charge is 2.03. The van der Waals surface area contributed by atoms with E-state index in [2.05, 4.69) is 5.32 Å². The van der Waals surface area contributed by atoms with Crippen molar-refractivity contribution in [1.82, 2.24) is 5.32 Å². The summed E-state index contributed by atoms with van der Waals surface area (Å²) in [5, 5.41) is 3.14. The van der Waals surface area contributed by atoms with E-state index in [1.165, 1.54) is 25.3 Å². The Kier molecular flexibility index (Phi) is 4.47. The monoisotopic (exact) mass is 263 g/mol. The molecule has 0 unspecified atom stereocenters. The Hall–Kier alpha value is -1.94. The van der Waals surface area contributed by atoms with E-state index in [0.29, 0.717) is 13.1 Å². The highest BCUT2D eigenvalue weighted by molar-refractivity contribution is 5.29. The first-order valence-electron chi connectivity index (χ1n) is 5.96. The molecule has 0 aliphatic carbocycles. The first kappa shape index (κ1) is 13.5. The number of rotatable bonds is 5. The minimum atomic E-state index is -0.382. The van der Waals surface area contributed by atoms with Crippen molar-refractivity contribution in [2.75, 3.05) is 7.11 Å². The van der Waals surface area contributed by atoms with Gasteiger partial charge in [-0.25, -0.2) is 8.78 Å². The molecule has 2 rings (SSSR count). The van der Waals surface area contributed by atoms with E-state index >= 15 is 0 Å². The van der Waals surface area contributed by atoms with Gasteiger partial charge < -0.3 is 10.1 Å². The minimum Gasteiger partial charge on any atom is -0.494 e. The van der Waals surface area contributed by atoms with Gasteiger partial charge in [0, 0.05) is 13.1 Å². The van der Waals surface area contributed by atoms with Gasteiger partial charge in [0.25, 0.3) is 0 Å². The molecule has 2 aromatic carbocycles. The quantitative estimate of drug-likeness (QED) is 0.894. The molecule has 0 saturated carbocycles. The van der Waals surface area contributed by atoms with E-state index in [-0.39, 0.29) is 17.4 Å². The number of halogens is 2. The van der Waals surface area contributed by atoms with Crippen LogP contribution in [0, 0.1) is 11.6 Å². The summed E-state index contributed by atoms with van der Waals surface area (Å²) in [6.07, 6.45) is 0. The number of hydrogen-bond acceptors (Lipinski definition) is 2. The summed E-state index contributed by atoms with van der Waals surface area (Å²) < 4.78 is 31.3. The lowest BCUT2D eigenvalue weighted by molar-refractivity contribution is 0.386. The largest absolute Gasteiger partial charge is 0.494 e. The van der Waals surface area contributed by atoms with E-state index in [1.54, 1.807) is 18.2 Å². The molecule has 0 fully saturated rings. The molecule has 0 heterocycles. The second kappa shape index (κ2) is 6.29. The molecule has 0 aliphatic heterocycles. The van der Waals surface area contributed by atoms with Crippen molar-refractivity contribution >= 4 is 0 Å². The summed E-state index contributed by atoms with van der Waals surface area (Å²) in [7, 11) is 1.43. The zero-order chi connectivity index (χ0) is 13.7. The van der Waals surface area contributed by atoms with Crippen molar-refractivity contribution in [3.05, 3.63) is 65.2 Å². The predicted octanol–water partition coefficient (Wildman–Crippen LogP) is 3.26. The van der Waals surface area contributed by atoms with Gasteiger partial charge in [-0.2, -0.15) is 0 Å². The summed E-state index contributed by atoms with van der Waals surface area (Å²) in [5.74, 6) is -0.406. The average molecular weight is 263 g/mol. The zero-order valence-corrected chi connectivity index (χ0v) is 10.6. The molecule has 0 saturated heterocycles. The molecule has 0 spiro atoms. The second-order valence-electron chi connectivity index (χ2n) is 4.20. The molecule has 0 bridgehead atoms. The van der Waals surface area contributed by atoms with Crippen LogP contribution >= 0.6 is 0 Å². The van der Waals surface area contributed by atoms with Crippen LogP contribution in [0.2, 0.25) is 0 Å². The Morgan fingerprint density at radius 2 is 1.74 bits per heavy atom. The molecule has 19 heavy (non-hydrogen) atoms. The highest BCUT2D eigenvalue weighted by Crippen LogP contribution is 2.17. The average Bonchev–Trinajstić information content (AvgIpc) is 2.39. The molecule has 2 nitrogen and oxygen atoms in total. The number of nitrogens with one attached hydrogen (secondary N) is 1. The van der Waals surface area contributed by atoms with Gasteiger partial charge in [-0.05, 0) is 35.4 Å². The molecule has 2 aromatic rings. The molecular formula is C15H15F2NO. The Bertz CT molecular complexity index is 558. The van der Waals surface area contributed by atoms with Gasteiger partial charge in [0.2, 0.25) is 0 Å². The van der Waals surface area contributed by atoms with Gasteiger partial charge >= 0.3 is 0 Å². The molecule has 1 N–H and O–H groups in total. The maximum atomic E-state index is 13.5. The maximum Gasteiger partial charge on any atom is 0.165 e. The lowest BCUT2D eigenvalue weighted by atomic mass is 10.2. The smallest absolute Gasteiger partial charge is 0.165 e. The van der Waals surface area contributed by atoms with Gasteiger partial charge in [-0.1, -0.05) is 18.2 Å². The zero-order valence-electron chi connectivity index (χ0n) is 10.6.